The minimum atomic E-state index is 0.123. The first-order chi connectivity index (χ1) is 10.1. The van der Waals surface area contributed by atoms with E-state index in [1.165, 1.54) is 5.56 Å². The lowest BCUT2D eigenvalue weighted by molar-refractivity contribution is -0.131. The van der Waals surface area contributed by atoms with E-state index in [1.54, 1.807) is 4.90 Å². The highest BCUT2D eigenvalue weighted by atomic mass is 16.5. The van der Waals surface area contributed by atoms with Gasteiger partial charge in [0.15, 0.2) is 0 Å². The lowest BCUT2D eigenvalue weighted by Gasteiger charge is -2.17. The van der Waals surface area contributed by atoms with E-state index < -0.39 is 0 Å². The Balaban J connectivity index is 1.64. The molecule has 0 aliphatic heterocycles. The lowest BCUT2D eigenvalue weighted by atomic mass is 10.1. The third-order valence-electron chi connectivity index (χ3n) is 4.29. The largest absolute Gasteiger partial charge is 0.361 e. The number of carbonyl (C=O) groups excluding carboxylic acids is 1. The predicted octanol–water partition coefficient (Wildman–Crippen LogP) is 3.05. The Kier molecular flexibility index (Phi) is 3.53. The zero-order valence-corrected chi connectivity index (χ0v) is 12.7. The van der Waals surface area contributed by atoms with Gasteiger partial charge in [0.1, 0.15) is 5.76 Å². The van der Waals surface area contributed by atoms with E-state index in [2.05, 4.69) is 17.3 Å². The van der Waals surface area contributed by atoms with Crippen LogP contribution in [0.1, 0.15) is 34.9 Å². The van der Waals surface area contributed by atoms with Crippen LogP contribution in [0.2, 0.25) is 0 Å². The van der Waals surface area contributed by atoms with Crippen molar-refractivity contribution in [1.29, 1.82) is 0 Å². The topological polar surface area (TPSA) is 46.3 Å². The Hall–Kier alpha value is -2.10. The molecule has 1 aromatic carbocycles. The minimum absolute atomic E-state index is 0.123. The number of hydrogen-bond acceptors (Lipinski definition) is 3. The van der Waals surface area contributed by atoms with Gasteiger partial charge < -0.3 is 9.42 Å². The van der Waals surface area contributed by atoms with Crippen LogP contribution in [0.5, 0.6) is 0 Å². The molecule has 4 heteroatoms. The predicted molar refractivity (Wildman–Crippen MR) is 79.7 cm³/mol. The van der Waals surface area contributed by atoms with E-state index in [1.807, 2.05) is 39.1 Å². The van der Waals surface area contributed by atoms with Crippen molar-refractivity contribution in [3.63, 3.8) is 0 Å². The summed E-state index contributed by atoms with van der Waals surface area (Å²) in [5.41, 5.74) is 3.15. The Bertz CT molecular complexity index is 629. The van der Waals surface area contributed by atoms with Gasteiger partial charge >= 0.3 is 0 Å². The molecule has 21 heavy (non-hydrogen) atoms. The van der Waals surface area contributed by atoms with Crippen LogP contribution >= 0.6 is 0 Å². The van der Waals surface area contributed by atoms with Gasteiger partial charge in [0.2, 0.25) is 5.91 Å². The molecule has 1 amide bonds. The lowest BCUT2D eigenvalue weighted by Crippen LogP contribution is -2.28. The van der Waals surface area contributed by atoms with Crippen molar-refractivity contribution in [2.75, 3.05) is 7.05 Å². The second kappa shape index (κ2) is 5.35. The van der Waals surface area contributed by atoms with Crippen LogP contribution in [0.3, 0.4) is 0 Å². The van der Waals surface area contributed by atoms with Gasteiger partial charge in [0, 0.05) is 18.5 Å². The molecule has 0 N–H and O–H groups in total. The van der Waals surface area contributed by atoms with Gasteiger partial charge in [-0.3, -0.25) is 4.79 Å². The number of nitrogens with zero attached hydrogens (tertiary/aromatic N) is 2. The fourth-order valence-electron chi connectivity index (χ4n) is 2.86. The molecule has 0 bridgehead atoms. The van der Waals surface area contributed by atoms with Crippen molar-refractivity contribution in [2.24, 2.45) is 5.92 Å². The van der Waals surface area contributed by atoms with Crippen LogP contribution < -0.4 is 0 Å². The summed E-state index contributed by atoms with van der Waals surface area (Å²) in [4.78, 5) is 14.3. The fraction of sp³-hybridized carbons (Fsp3) is 0.412. The Morgan fingerprint density at radius 1 is 1.33 bits per heavy atom. The highest BCUT2D eigenvalue weighted by Crippen LogP contribution is 2.48. The smallest absolute Gasteiger partial charge is 0.226 e. The van der Waals surface area contributed by atoms with Crippen molar-refractivity contribution >= 4 is 5.91 Å². The molecule has 1 heterocycles. The van der Waals surface area contributed by atoms with E-state index in [0.29, 0.717) is 12.5 Å². The number of aromatic nitrogens is 1. The van der Waals surface area contributed by atoms with Gasteiger partial charge in [-0.2, -0.15) is 0 Å². The van der Waals surface area contributed by atoms with E-state index in [4.69, 9.17) is 4.52 Å². The van der Waals surface area contributed by atoms with Crippen LogP contribution in [0, 0.1) is 19.8 Å². The minimum Gasteiger partial charge on any atom is -0.361 e. The van der Waals surface area contributed by atoms with E-state index in [9.17, 15) is 4.79 Å². The second-order valence-corrected chi connectivity index (χ2v) is 5.86. The number of amides is 1. The van der Waals surface area contributed by atoms with Gasteiger partial charge in [-0.05, 0) is 31.7 Å². The highest BCUT2D eigenvalue weighted by molar-refractivity contribution is 5.82. The molecule has 0 radical (unpaired) electrons. The summed E-state index contributed by atoms with van der Waals surface area (Å²) in [6, 6.07) is 10.3. The third-order valence-corrected chi connectivity index (χ3v) is 4.29. The molecule has 1 saturated carbocycles. The van der Waals surface area contributed by atoms with Crippen LogP contribution in [-0.4, -0.2) is 23.0 Å². The summed E-state index contributed by atoms with van der Waals surface area (Å²) in [6.07, 6.45) is 0.953. The van der Waals surface area contributed by atoms with Crippen LogP contribution in [0.4, 0.5) is 0 Å². The molecule has 1 fully saturated rings. The Labute approximate surface area is 124 Å². The van der Waals surface area contributed by atoms with E-state index in [-0.39, 0.29) is 11.8 Å². The molecule has 2 atom stereocenters. The van der Waals surface area contributed by atoms with Gasteiger partial charge in [-0.1, -0.05) is 35.5 Å². The molecule has 3 rings (SSSR count). The number of rotatable bonds is 4. The third kappa shape index (κ3) is 2.71. The zero-order chi connectivity index (χ0) is 15.0. The van der Waals surface area contributed by atoms with Gasteiger partial charge in [0.25, 0.3) is 0 Å². The Morgan fingerprint density at radius 2 is 2.05 bits per heavy atom. The van der Waals surface area contributed by atoms with Crippen LogP contribution in [-0.2, 0) is 11.3 Å². The van der Waals surface area contributed by atoms with Crippen LogP contribution in [0.15, 0.2) is 34.9 Å². The standard InChI is InChI=1S/C17H20N2O2/c1-11-16(12(2)21-18-11)10-19(3)17(20)15-9-14(15)13-7-5-4-6-8-13/h4-8,14-15H,9-10H2,1-3H3/t14-,15-/m1/s1. The number of carbonyl (C=O) groups is 1. The number of aryl methyl sites for hydroxylation is 2. The summed E-state index contributed by atoms with van der Waals surface area (Å²) >= 11 is 0. The number of benzene rings is 1. The van der Waals surface area contributed by atoms with Crippen molar-refractivity contribution in [3.05, 3.63) is 52.9 Å². The van der Waals surface area contributed by atoms with Crippen molar-refractivity contribution < 1.29 is 9.32 Å². The first-order valence-electron chi connectivity index (χ1n) is 7.29. The fourth-order valence-corrected chi connectivity index (χ4v) is 2.86. The van der Waals surface area contributed by atoms with Gasteiger partial charge in [-0.25, -0.2) is 0 Å². The maximum atomic E-state index is 12.5. The van der Waals surface area contributed by atoms with Crippen LogP contribution in [0.25, 0.3) is 0 Å². The average molecular weight is 284 g/mol. The average Bonchev–Trinajstić information content (AvgIpc) is 3.24. The summed E-state index contributed by atoms with van der Waals surface area (Å²) < 4.78 is 5.15. The maximum absolute atomic E-state index is 12.5. The summed E-state index contributed by atoms with van der Waals surface area (Å²) in [5, 5.41) is 3.94. The molecule has 1 aliphatic carbocycles. The monoisotopic (exact) mass is 284 g/mol. The number of hydrogen-bond donors (Lipinski definition) is 0. The molecular formula is C17H20N2O2. The summed E-state index contributed by atoms with van der Waals surface area (Å²) in [6.45, 7) is 4.36. The summed E-state index contributed by atoms with van der Waals surface area (Å²) in [7, 11) is 1.86. The highest BCUT2D eigenvalue weighted by Gasteiger charge is 2.45. The van der Waals surface area contributed by atoms with Gasteiger partial charge in [-0.15, -0.1) is 0 Å². The van der Waals surface area contributed by atoms with E-state index >= 15 is 0 Å². The molecule has 0 spiro atoms. The molecule has 1 aromatic heterocycles. The quantitative estimate of drug-likeness (QED) is 0.867. The molecule has 2 aromatic rings. The SMILES string of the molecule is Cc1noc(C)c1CN(C)C(=O)[C@@H]1C[C@@H]1c1ccccc1. The molecule has 0 saturated heterocycles. The molecule has 110 valence electrons. The van der Waals surface area contributed by atoms with E-state index in [0.717, 1.165) is 23.4 Å². The second-order valence-electron chi connectivity index (χ2n) is 5.86. The molecular weight excluding hydrogens is 264 g/mol. The molecule has 4 nitrogen and oxygen atoms in total. The first kappa shape index (κ1) is 13.9. The van der Waals surface area contributed by atoms with Crippen molar-refractivity contribution in [3.8, 4) is 0 Å². The first-order valence-corrected chi connectivity index (χ1v) is 7.29. The zero-order valence-electron chi connectivity index (χ0n) is 12.7. The van der Waals surface area contributed by atoms with Crippen molar-refractivity contribution in [1.82, 2.24) is 10.1 Å². The molecule has 1 aliphatic rings. The normalized spacial score (nSPS) is 20.3. The molecule has 0 unspecified atom stereocenters. The summed E-state index contributed by atoms with van der Waals surface area (Å²) in [5.74, 6) is 1.51. The maximum Gasteiger partial charge on any atom is 0.226 e. The Morgan fingerprint density at radius 3 is 2.67 bits per heavy atom. The van der Waals surface area contributed by atoms with Gasteiger partial charge in [0.05, 0.1) is 12.2 Å². The van der Waals surface area contributed by atoms with Crippen molar-refractivity contribution in [2.45, 2.75) is 32.7 Å².